The normalized spacial score (nSPS) is 27.8. The molecule has 1 aromatic heterocycles. The molecule has 0 amide bonds. The van der Waals surface area contributed by atoms with Crippen LogP contribution >= 0.6 is 22.9 Å². The van der Waals surface area contributed by atoms with Crippen LogP contribution in [0.1, 0.15) is 43.9 Å². The lowest BCUT2D eigenvalue weighted by Gasteiger charge is -2.49. The smallest absolute Gasteiger partial charge is 0.0931 e. The zero-order valence-corrected chi connectivity index (χ0v) is 13.2. The van der Waals surface area contributed by atoms with Crippen LogP contribution in [0.5, 0.6) is 0 Å². The molecule has 2 aliphatic rings. The van der Waals surface area contributed by atoms with E-state index < -0.39 is 0 Å². The Morgan fingerprint density at radius 2 is 2.16 bits per heavy atom. The number of hydrogen-bond donors (Lipinski definition) is 1. The van der Waals surface area contributed by atoms with E-state index in [-0.39, 0.29) is 0 Å². The second-order valence-electron chi connectivity index (χ2n) is 6.18. The molecule has 1 unspecified atom stereocenters. The van der Waals surface area contributed by atoms with Gasteiger partial charge in [-0.25, -0.2) is 0 Å². The summed E-state index contributed by atoms with van der Waals surface area (Å²) in [6, 6.07) is 4.81. The van der Waals surface area contributed by atoms with Gasteiger partial charge in [0, 0.05) is 36.1 Å². The Morgan fingerprint density at radius 1 is 1.37 bits per heavy atom. The minimum Gasteiger partial charge on any atom is -0.308 e. The number of nitrogens with one attached hydrogen (secondary N) is 1. The van der Waals surface area contributed by atoms with Crippen molar-refractivity contribution in [1.82, 2.24) is 10.2 Å². The predicted octanol–water partition coefficient (Wildman–Crippen LogP) is 3.90. The van der Waals surface area contributed by atoms with E-state index in [1.54, 1.807) is 11.3 Å². The Hall–Kier alpha value is -0.0900. The van der Waals surface area contributed by atoms with Gasteiger partial charge < -0.3 is 5.32 Å². The summed E-state index contributed by atoms with van der Waals surface area (Å²) >= 11 is 7.77. The number of piperazine rings is 1. The molecule has 2 heterocycles. The summed E-state index contributed by atoms with van der Waals surface area (Å²) in [4.78, 5) is 4.04. The average molecular weight is 299 g/mol. The van der Waals surface area contributed by atoms with Gasteiger partial charge in [-0.3, -0.25) is 4.90 Å². The summed E-state index contributed by atoms with van der Waals surface area (Å²) in [6.45, 7) is 5.71. The van der Waals surface area contributed by atoms with Crippen LogP contribution in [0.3, 0.4) is 0 Å². The van der Waals surface area contributed by atoms with Crippen molar-refractivity contribution in [3.8, 4) is 0 Å². The Labute approximate surface area is 125 Å². The van der Waals surface area contributed by atoms with Gasteiger partial charge in [0.1, 0.15) is 0 Å². The van der Waals surface area contributed by atoms with E-state index in [1.807, 2.05) is 6.07 Å². The fourth-order valence-corrected chi connectivity index (χ4v) is 4.62. The summed E-state index contributed by atoms with van der Waals surface area (Å²) in [5, 5.41) is 3.84. The largest absolute Gasteiger partial charge is 0.308 e. The first-order valence-electron chi connectivity index (χ1n) is 7.40. The van der Waals surface area contributed by atoms with Gasteiger partial charge in [0.25, 0.3) is 0 Å². The molecule has 1 aliphatic carbocycles. The van der Waals surface area contributed by atoms with Crippen molar-refractivity contribution < 1.29 is 0 Å². The molecule has 3 rings (SSSR count). The zero-order valence-electron chi connectivity index (χ0n) is 11.6. The highest BCUT2D eigenvalue weighted by Gasteiger charge is 2.38. The van der Waals surface area contributed by atoms with Gasteiger partial charge in [0.2, 0.25) is 0 Å². The molecule has 4 heteroatoms. The van der Waals surface area contributed by atoms with Crippen LogP contribution in [0.25, 0.3) is 0 Å². The molecule has 1 saturated heterocycles. The van der Waals surface area contributed by atoms with Crippen LogP contribution in [-0.2, 0) is 6.54 Å². The average Bonchev–Trinajstić information content (AvgIpc) is 2.81. The van der Waals surface area contributed by atoms with Crippen molar-refractivity contribution in [2.45, 2.75) is 57.2 Å². The Kier molecular flexibility index (Phi) is 4.18. The highest BCUT2D eigenvalue weighted by molar-refractivity contribution is 7.16. The molecule has 1 N–H and O–H groups in total. The van der Waals surface area contributed by atoms with E-state index in [4.69, 9.17) is 11.6 Å². The number of hydrogen-bond acceptors (Lipinski definition) is 3. The van der Waals surface area contributed by atoms with Crippen LogP contribution < -0.4 is 5.32 Å². The van der Waals surface area contributed by atoms with Crippen LogP contribution in [0.2, 0.25) is 4.34 Å². The van der Waals surface area contributed by atoms with E-state index in [2.05, 4.69) is 23.2 Å². The zero-order chi connectivity index (χ0) is 13.3. The maximum atomic E-state index is 6.04. The number of halogens is 1. The first-order valence-corrected chi connectivity index (χ1v) is 8.60. The van der Waals surface area contributed by atoms with Crippen molar-refractivity contribution in [3.05, 3.63) is 21.3 Å². The standard InChI is InChI=1S/C15H23ClN2S/c1-12-9-17-15(7-3-2-4-8-15)11-18(12)10-13-5-6-14(16)19-13/h5-6,12,17H,2-4,7-11H2,1H3. The second kappa shape index (κ2) is 5.72. The van der Waals surface area contributed by atoms with Crippen molar-refractivity contribution >= 4 is 22.9 Å². The summed E-state index contributed by atoms with van der Waals surface area (Å²) in [5.41, 5.74) is 0.395. The van der Waals surface area contributed by atoms with Crippen LogP contribution in [0.4, 0.5) is 0 Å². The van der Waals surface area contributed by atoms with E-state index in [0.29, 0.717) is 11.6 Å². The molecule has 1 aromatic rings. The van der Waals surface area contributed by atoms with Gasteiger partial charge in [-0.1, -0.05) is 30.9 Å². The Morgan fingerprint density at radius 3 is 2.84 bits per heavy atom. The van der Waals surface area contributed by atoms with Crippen molar-refractivity contribution in [1.29, 1.82) is 0 Å². The van der Waals surface area contributed by atoms with E-state index in [1.165, 1.54) is 43.5 Å². The molecule has 19 heavy (non-hydrogen) atoms. The van der Waals surface area contributed by atoms with Gasteiger partial charge in [-0.05, 0) is 31.9 Å². The fourth-order valence-electron chi connectivity index (χ4n) is 3.51. The Balaban J connectivity index is 1.68. The third-order valence-corrected chi connectivity index (χ3v) is 5.92. The van der Waals surface area contributed by atoms with Gasteiger partial charge >= 0.3 is 0 Å². The maximum absolute atomic E-state index is 6.04. The lowest BCUT2D eigenvalue weighted by atomic mass is 9.79. The lowest BCUT2D eigenvalue weighted by molar-refractivity contribution is 0.0580. The van der Waals surface area contributed by atoms with Crippen LogP contribution in [0, 0.1) is 0 Å². The quantitative estimate of drug-likeness (QED) is 0.891. The van der Waals surface area contributed by atoms with Crippen molar-refractivity contribution in [3.63, 3.8) is 0 Å². The molecule has 1 atom stereocenters. The molecule has 1 saturated carbocycles. The summed E-state index contributed by atoms with van der Waals surface area (Å²) < 4.78 is 0.908. The number of thiophene rings is 1. The molecule has 1 spiro atoms. The van der Waals surface area contributed by atoms with Gasteiger partial charge in [0.15, 0.2) is 0 Å². The fraction of sp³-hybridized carbons (Fsp3) is 0.733. The molecule has 2 nitrogen and oxygen atoms in total. The van der Waals surface area contributed by atoms with Crippen LogP contribution in [-0.4, -0.2) is 29.6 Å². The minimum absolute atomic E-state index is 0.395. The van der Waals surface area contributed by atoms with E-state index in [9.17, 15) is 0 Å². The summed E-state index contributed by atoms with van der Waals surface area (Å²) in [7, 11) is 0. The third-order valence-electron chi connectivity index (χ3n) is 4.70. The maximum Gasteiger partial charge on any atom is 0.0931 e. The van der Waals surface area contributed by atoms with Crippen LogP contribution in [0.15, 0.2) is 12.1 Å². The second-order valence-corrected chi connectivity index (χ2v) is 7.98. The Bertz CT molecular complexity index is 426. The van der Waals surface area contributed by atoms with E-state index >= 15 is 0 Å². The predicted molar refractivity (Wildman–Crippen MR) is 83.0 cm³/mol. The van der Waals surface area contributed by atoms with Crippen molar-refractivity contribution in [2.24, 2.45) is 0 Å². The molecule has 1 aliphatic heterocycles. The lowest BCUT2D eigenvalue weighted by Crippen LogP contribution is -2.63. The topological polar surface area (TPSA) is 15.3 Å². The van der Waals surface area contributed by atoms with Gasteiger partial charge in [-0.2, -0.15) is 0 Å². The molecule has 2 fully saturated rings. The summed E-state index contributed by atoms with van der Waals surface area (Å²) in [6.07, 6.45) is 6.89. The SMILES string of the molecule is CC1CNC2(CCCCC2)CN1Cc1ccc(Cl)s1. The third kappa shape index (κ3) is 3.15. The van der Waals surface area contributed by atoms with E-state index in [0.717, 1.165) is 17.4 Å². The van der Waals surface area contributed by atoms with Gasteiger partial charge in [0.05, 0.1) is 4.34 Å². The highest BCUT2D eigenvalue weighted by Crippen LogP contribution is 2.33. The number of nitrogens with zero attached hydrogens (tertiary/aromatic N) is 1. The summed E-state index contributed by atoms with van der Waals surface area (Å²) in [5.74, 6) is 0. The monoisotopic (exact) mass is 298 g/mol. The molecular weight excluding hydrogens is 276 g/mol. The van der Waals surface area contributed by atoms with Crippen molar-refractivity contribution in [2.75, 3.05) is 13.1 Å². The molecular formula is C15H23ClN2S. The van der Waals surface area contributed by atoms with Gasteiger partial charge in [-0.15, -0.1) is 11.3 Å². The first kappa shape index (κ1) is 13.9. The molecule has 0 radical (unpaired) electrons. The minimum atomic E-state index is 0.395. The molecule has 0 aromatic carbocycles. The molecule has 0 bridgehead atoms. The molecule has 106 valence electrons. The highest BCUT2D eigenvalue weighted by atomic mass is 35.5. The number of rotatable bonds is 2. The first-order chi connectivity index (χ1) is 9.17.